The molecule has 0 aliphatic heterocycles. The average molecular weight is 559 g/mol. The summed E-state index contributed by atoms with van der Waals surface area (Å²) in [6, 6.07) is 45.6. The second-order valence-corrected chi connectivity index (χ2v) is 16.0. The fourth-order valence-corrected chi connectivity index (χ4v) is 13.2. The van der Waals surface area contributed by atoms with Gasteiger partial charge in [-0.15, -0.1) is 0 Å². The zero-order chi connectivity index (χ0) is 27.3. The predicted molar refractivity (Wildman–Crippen MR) is 178 cm³/mol. The van der Waals surface area contributed by atoms with Crippen LogP contribution < -0.4 is 21.2 Å². The molecule has 0 aromatic heterocycles. The van der Waals surface area contributed by atoms with Gasteiger partial charge in [-0.05, 0) is 98.4 Å². The van der Waals surface area contributed by atoms with Gasteiger partial charge < -0.3 is 0 Å². The van der Waals surface area contributed by atoms with Gasteiger partial charge in [-0.3, -0.25) is 0 Å². The molecule has 0 heterocycles. The molecule has 0 unspecified atom stereocenters. The predicted octanol–water partition coefficient (Wildman–Crippen LogP) is 8.91. The van der Waals surface area contributed by atoms with Gasteiger partial charge in [-0.25, -0.2) is 0 Å². The maximum absolute atomic E-state index is 2.67. The first-order chi connectivity index (χ1) is 19.7. The van der Waals surface area contributed by atoms with Crippen LogP contribution in [0.25, 0.3) is 0 Å². The van der Waals surface area contributed by atoms with Gasteiger partial charge in [0.1, 0.15) is 0 Å². The van der Waals surface area contributed by atoms with Crippen molar-refractivity contribution in [3.05, 3.63) is 144 Å². The molecule has 6 rings (SSSR count). The first kappa shape index (κ1) is 27.4. The Labute approximate surface area is 243 Å². The van der Waals surface area contributed by atoms with Gasteiger partial charge in [0.05, 0.1) is 0 Å². The zero-order valence-corrected chi connectivity index (χ0v) is 25.5. The van der Waals surface area contributed by atoms with E-state index < -0.39 is 15.8 Å². The number of hydrogen-bond acceptors (Lipinski definition) is 0. The fourth-order valence-electron chi connectivity index (χ4n) is 7.10. The molecular weight excluding hydrogens is 518 g/mol. The van der Waals surface area contributed by atoms with Crippen LogP contribution in [0.5, 0.6) is 0 Å². The van der Waals surface area contributed by atoms with E-state index in [4.69, 9.17) is 0 Å². The molecular formula is C38H40P2. The van der Waals surface area contributed by atoms with Crippen LogP contribution in [0.1, 0.15) is 39.5 Å². The van der Waals surface area contributed by atoms with Crippen LogP contribution in [0.2, 0.25) is 0 Å². The minimum Gasteiger partial charge on any atom is -0.0853 e. The van der Waals surface area contributed by atoms with Crippen molar-refractivity contribution in [2.24, 2.45) is 17.8 Å². The highest BCUT2D eigenvalue weighted by molar-refractivity contribution is 7.76. The third kappa shape index (κ3) is 5.68. The van der Waals surface area contributed by atoms with E-state index in [0.29, 0.717) is 23.4 Å². The Morgan fingerprint density at radius 2 is 0.975 bits per heavy atom. The Kier molecular flexibility index (Phi) is 8.77. The van der Waals surface area contributed by atoms with Crippen molar-refractivity contribution in [1.82, 2.24) is 0 Å². The topological polar surface area (TPSA) is 0 Å². The second kappa shape index (κ2) is 12.8. The highest BCUT2D eigenvalue weighted by atomic mass is 31.1. The number of rotatable bonds is 7. The van der Waals surface area contributed by atoms with Crippen molar-refractivity contribution in [1.29, 1.82) is 0 Å². The lowest BCUT2D eigenvalue weighted by Gasteiger charge is -2.47. The van der Waals surface area contributed by atoms with Crippen LogP contribution >= 0.6 is 15.8 Å². The molecule has 0 fully saturated rings. The number of benzene rings is 4. The summed E-state index contributed by atoms with van der Waals surface area (Å²) in [5.74, 6) is 1.77. The van der Waals surface area contributed by atoms with E-state index in [1.807, 2.05) is 0 Å². The molecule has 0 saturated carbocycles. The molecule has 0 nitrogen and oxygen atoms in total. The minimum atomic E-state index is -0.585. The number of allylic oxidation sites excluding steroid dienone is 4. The van der Waals surface area contributed by atoms with Crippen molar-refractivity contribution in [3.63, 3.8) is 0 Å². The van der Waals surface area contributed by atoms with Gasteiger partial charge in [-0.1, -0.05) is 146 Å². The van der Waals surface area contributed by atoms with E-state index in [2.05, 4.69) is 147 Å². The van der Waals surface area contributed by atoms with Gasteiger partial charge in [0.25, 0.3) is 0 Å². The quantitative estimate of drug-likeness (QED) is 0.157. The van der Waals surface area contributed by atoms with Crippen LogP contribution in [-0.2, 0) is 0 Å². The smallest absolute Gasteiger partial charge is 0.00544 e. The van der Waals surface area contributed by atoms with Crippen LogP contribution in [-0.4, -0.2) is 5.66 Å². The van der Waals surface area contributed by atoms with Crippen molar-refractivity contribution >= 4 is 37.1 Å². The molecule has 2 heteroatoms. The van der Waals surface area contributed by atoms with E-state index in [9.17, 15) is 0 Å². The standard InChI is InChI=1S/C38H40P2/c1-29-17-15-27-35(39(31-19-7-3-8-20-31)32-21-9-4-10-22-32)37(29)38-30(2)18-16-28-36(38)40(33-23-11-5-12-24-33)34-25-13-6-14-26-34/h3-14,17,19-26,28,30,35,37-38H,15-16,18,27H2,1-2H3/t30-,35-,37+,38-/m0/s1. The zero-order valence-electron chi connectivity index (χ0n) is 23.7. The lowest BCUT2D eigenvalue weighted by atomic mass is 9.70. The largest absolute Gasteiger partial charge is 0.0853 e. The summed E-state index contributed by atoms with van der Waals surface area (Å²) in [7, 11) is -1.07. The molecule has 0 bridgehead atoms. The number of hydrogen-bond donors (Lipinski definition) is 0. The maximum Gasteiger partial charge on any atom is -0.00544 e. The van der Waals surface area contributed by atoms with Crippen molar-refractivity contribution in [2.75, 3.05) is 0 Å². The highest BCUT2D eigenvalue weighted by Crippen LogP contribution is 2.60. The van der Waals surface area contributed by atoms with Crippen LogP contribution in [0, 0.1) is 17.8 Å². The van der Waals surface area contributed by atoms with Gasteiger partial charge >= 0.3 is 0 Å². The molecule has 0 N–H and O–H groups in total. The summed E-state index contributed by atoms with van der Waals surface area (Å²) in [5.41, 5.74) is 2.25. The van der Waals surface area contributed by atoms with Crippen molar-refractivity contribution in [2.45, 2.75) is 45.2 Å². The Balaban J connectivity index is 1.49. The molecule has 4 aromatic rings. The molecule has 40 heavy (non-hydrogen) atoms. The summed E-state index contributed by atoms with van der Waals surface area (Å²) in [4.78, 5) is 0. The fraction of sp³-hybridized carbons (Fsp3) is 0.263. The Bertz CT molecular complexity index is 1350. The Hall–Kier alpha value is -2.78. The summed E-state index contributed by atoms with van der Waals surface area (Å²) in [5, 5.41) is 7.73. The third-order valence-electron chi connectivity index (χ3n) is 8.87. The van der Waals surface area contributed by atoms with E-state index in [1.165, 1.54) is 46.9 Å². The molecule has 0 spiro atoms. The lowest BCUT2D eigenvalue weighted by Crippen LogP contribution is -2.39. The van der Waals surface area contributed by atoms with Crippen LogP contribution in [0.3, 0.4) is 0 Å². The molecule has 0 radical (unpaired) electrons. The SMILES string of the molecule is CC1=CCC[C@H](P(c2ccccc2)c2ccccc2)[C@@H]1[C@@H]1C(P(c2ccccc2)c2ccccc2)=CCC[C@@H]1C. The third-order valence-corrected chi connectivity index (χ3v) is 14.5. The van der Waals surface area contributed by atoms with E-state index >= 15 is 0 Å². The normalized spacial score (nSPS) is 23.1. The molecule has 4 aromatic carbocycles. The van der Waals surface area contributed by atoms with Crippen LogP contribution in [0.4, 0.5) is 0 Å². The molecule has 0 saturated heterocycles. The first-order valence-electron chi connectivity index (χ1n) is 14.9. The van der Waals surface area contributed by atoms with Crippen molar-refractivity contribution < 1.29 is 0 Å². The van der Waals surface area contributed by atoms with E-state index in [-0.39, 0.29) is 0 Å². The minimum absolute atomic E-state index is 0.487. The summed E-state index contributed by atoms with van der Waals surface area (Å²) in [6.45, 7) is 5.00. The first-order valence-corrected chi connectivity index (χ1v) is 17.6. The van der Waals surface area contributed by atoms with E-state index in [1.54, 1.807) is 10.9 Å². The van der Waals surface area contributed by atoms with Gasteiger partial charge in [0.15, 0.2) is 0 Å². The van der Waals surface area contributed by atoms with Gasteiger partial charge in [0.2, 0.25) is 0 Å². The summed E-state index contributed by atoms with van der Waals surface area (Å²) < 4.78 is 0. The van der Waals surface area contributed by atoms with Crippen LogP contribution in [0.15, 0.2) is 144 Å². The second-order valence-electron chi connectivity index (χ2n) is 11.4. The lowest BCUT2D eigenvalue weighted by molar-refractivity contribution is 0.280. The summed E-state index contributed by atoms with van der Waals surface area (Å²) >= 11 is 0. The van der Waals surface area contributed by atoms with Crippen molar-refractivity contribution in [3.8, 4) is 0 Å². The maximum atomic E-state index is 2.67. The molecule has 2 aliphatic carbocycles. The highest BCUT2D eigenvalue weighted by Gasteiger charge is 2.44. The molecule has 2 aliphatic rings. The monoisotopic (exact) mass is 558 g/mol. The molecule has 202 valence electrons. The average Bonchev–Trinajstić information content (AvgIpc) is 3.01. The van der Waals surface area contributed by atoms with Gasteiger partial charge in [-0.2, -0.15) is 0 Å². The Morgan fingerprint density at radius 1 is 0.525 bits per heavy atom. The molecule has 0 amide bonds. The summed E-state index contributed by atoms with van der Waals surface area (Å²) in [6.07, 6.45) is 10.2. The van der Waals surface area contributed by atoms with Gasteiger partial charge in [0, 0.05) is 0 Å². The van der Waals surface area contributed by atoms with E-state index in [0.717, 1.165) is 0 Å². The molecule has 4 atom stereocenters. The Morgan fingerprint density at radius 3 is 1.48 bits per heavy atom.